The van der Waals surface area contributed by atoms with E-state index in [1.165, 1.54) is 4.90 Å². The zero-order chi connectivity index (χ0) is 28.9. The maximum absolute atomic E-state index is 13.6. The summed E-state index contributed by atoms with van der Waals surface area (Å²) in [5.74, 6) is -2.26. The molecule has 0 aliphatic carbocycles. The number of amides is 3. The number of aliphatic hydroxyl groups excluding tert-OH is 1. The highest BCUT2D eigenvalue weighted by Gasteiger charge is 2.44. The average molecular weight is 559 g/mol. The minimum Gasteiger partial charge on any atom is -0.481 e. The van der Waals surface area contributed by atoms with Crippen molar-refractivity contribution in [3.05, 3.63) is 41.0 Å². The van der Waals surface area contributed by atoms with E-state index in [0.717, 1.165) is 21.7 Å². The number of aliphatic hydroxyl groups is 1. The number of likely N-dealkylation sites (tertiary alicyclic amines) is 1. The Hall–Kier alpha value is -3.31. The van der Waals surface area contributed by atoms with Crippen LogP contribution < -0.4 is 10.6 Å². The molecule has 0 bridgehead atoms. The SMILES string of the molecule is Cc1ncsc1-c1ccc([C@H](C)NC(=O)C2C[C@@H](O)CN2C(=O)[C@@H](NC(=O)CCCC(=O)O)C(C)(C)C)cc1. The molecule has 1 aliphatic rings. The van der Waals surface area contributed by atoms with E-state index in [4.69, 9.17) is 5.11 Å². The molecule has 212 valence electrons. The van der Waals surface area contributed by atoms with Crippen molar-refractivity contribution in [3.63, 3.8) is 0 Å². The maximum Gasteiger partial charge on any atom is 0.303 e. The van der Waals surface area contributed by atoms with Gasteiger partial charge < -0.3 is 25.7 Å². The van der Waals surface area contributed by atoms with E-state index in [2.05, 4.69) is 15.6 Å². The van der Waals surface area contributed by atoms with Crippen LogP contribution in [0, 0.1) is 12.3 Å². The first kappa shape index (κ1) is 30.2. The number of aromatic nitrogens is 1. The van der Waals surface area contributed by atoms with Crippen LogP contribution in [0.2, 0.25) is 0 Å². The lowest BCUT2D eigenvalue weighted by Crippen LogP contribution is -2.57. The summed E-state index contributed by atoms with van der Waals surface area (Å²) in [5, 5.41) is 24.9. The Morgan fingerprint density at radius 3 is 2.36 bits per heavy atom. The van der Waals surface area contributed by atoms with Gasteiger partial charge in [0.25, 0.3) is 0 Å². The van der Waals surface area contributed by atoms with Crippen LogP contribution in [0.1, 0.15) is 70.7 Å². The number of rotatable bonds is 10. The molecule has 1 saturated heterocycles. The third-order valence-electron chi connectivity index (χ3n) is 6.85. The Morgan fingerprint density at radius 1 is 1.13 bits per heavy atom. The van der Waals surface area contributed by atoms with E-state index in [9.17, 15) is 24.3 Å². The van der Waals surface area contributed by atoms with Crippen LogP contribution in [0.3, 0.4) is 0 Å². The second-order valence-corrected chi connectivity index (χ2v) is 12.0. The number of carboxylic acids is 1. The topological polar surface area (TPSA) is 149 Å². The van der Waals surface area contributed by atoms with E-state index in [1.807, 2.05) is 38.1 Å². The molecule has 3 amide bonds. The molecule has 11 heteroatoms. The Kier molecular flexibility index (Phi) is 9.84. The van der Waals surface area contributed by atoms with Crippen molar-refractivity contribution in [2.45, 2.75) is 84.5 Å². The lowest BCUT2D eigenvalue weighted by molar-refractivity contribution is -0.144. The highest BCUT2D eigenvalue weighted by molar-refractivity contribution is 7.13. The summed E-state index contributed by atoms with van der Waals surface area (Å²) in [7, 11) is 0. The summed E-state index contributed by atoms with van der Waals surface area (Å²) in [6.07, 6.45) is -0.792. The predicted octanol–water partition coefficient (Wildman–Crippen LogP) is 3.04. The van der Waals surface area contributed by atoms with Crippen LogP contribution >= 0.6 is 11.3 Å². The van der Waals surface area contributed by atoms with Gasteiger partial charge >= 0.3 is 5.97 Å². The summed E-state index contributed by atoms with van der Waals surface area (Å²) in [6, 6.07) is 5.69. The molecule has 4 atom stereocenters. The van der Waals surface area contributed by atoms with Gasteiger partial charge in [0.1, 0.15) is 12.1 Å². The monoisotopic (exact) mass is 558 g/mol. The zero-order valence-electron chi connectivity index (χ0n) is 23.1. The molecule has 4 N–H and O–H groups in total. The fraction of sp³-hybridized carbons (Fsp3) is 0.536. The van der Waals surface area contributed by atoms with Crippen LogP contribution in [-0.2, 0) is 19.2 Å². The Morgan fingerprint density at radius 2 is 1.79 bits per heavy atom. The third-order valence-corrected chi connectivity index (χ3v) is 7.83. The van der Waals surface area contributed by atoms with Gasteiger partial charge in [-0.05, 0) is 36.8 Å². The molecule has 1 fully saturated rings. The van der Waals surface area contributed by atoms with E-state index < -0.39 is 41.4 Å². The number of carbonyl (C=O) groups excluding carboxylic acids is 3. The zero-order valence-corrected chi connectivity index (χ0v) is 23.9. The van der Waals surface area contributed by atoms with Crippen molar-refractivity contribution in [1.82, 2.24) is 20.5 Å². The number of aryl methyl sites for hydroxylation is 1. The number of nitrogens with one attached hydrogen (secondary N) is 2. The molecule has 0 radical (unpaired) electrons. The van der Waals surface area contributed by atoms with Crippen molar-refractivity contribution >= 4 is 35.0 Å². The van der Waals surface area contributed by atoms with Crippen LogP contribution in [0.15, 0.2) is 29.8 Å². The van der Waals surface area contributed by atoms with Gasteiger partial charge in [-0.2, -0.15) is 0 Å². The summed E-state index contributed by atoms with van der Waals surface area (Å²) in [5.41, 5.74) is 4.03. The smallest absolute Gasteiger partial charge is 0.303 e. The van der Waals surface area contributed by atoms with E-state index >= 15 is 0 Å². The molecular formula is C28H38N4O6S. The summed E-state index contributed by atoms with van der Waals surface area (Å²) in [6.45, 7) is 9.20. The number of thiazole rings is 1. The minimum absolute atomic E-state index is 0.0182. The van der Waals surface area contributed by atoms with E-state index in [-0.39, 0.29) is 44.2 Å². The number of hydrogen-bond acceptors (Lipinski definition) is 7. The third kappa shape index (κ3) is 7.86. The largest absolute Gasteiger partial charge is 0.481 e. The van der Waals surface area contributed by atoms with Crippen molar-refractivity contribution in [1.29, 1.82) is 0 Å². The van der Waals surface area contributed by atoms with Gasteiger partial charge in [0.15, 0.2) is 0 Å². The highest BCUT2D eigenvalue weighted by atomic mass is 32.1. The Balaban J connectivity index is 1.69. The van der Waals surface area contributed by atoms with Gasteiger partial charge in [0, 0.05) is 25.8 Å². The van der Waals surface area contributed by atoms with Crippen LogP contribution in [0.25, 0.3) is 10.4 Å². The lowest BCUT2D eigenvalue weighted by Gasteiger charge is -2.35. The fourth-order valence-electron chi connectivity index (χ4n) is 4.65. The molecule has 0 spiro atoms. The quantitative estimate of drug-likeness (QED) is 0.350. The minimum atomic E-state index is -0.994. The van der Waals surface area contributed by atoms with Gasteiger partial charge in [-0.25, -0.2) is 4.98 Å². The van der Waals surface area contributed by atoms with Gasteiger partial charge in [-0.3, -0.25) is 19.2 Å². The van der Waals surface area contributed by atoms with Crippen molar-refractivity contribution < 1.29 is 29.4 Å². The number of hydrogen-bond donors (Lipinski definition) is 4. The standard InChI is InChI=1S/C28H38N4O6S/c1-16(18-9-11-19(12-10-18)24-17(2)29-15-39-24)30-26(37)21-13-20(33)14-32(21)27(38)25(28(3,4)5)31-22(34)7-6-8-23(35)36/h9-12,15-16,20-21,25,33H,6-8,13-14H2,1-5H3,(H,30,37)(H,31,34)(H,35,36)/t16-,20+,21?,25+/m0/s1. The summed E-state index contributed by atoms with van der Waals surface area (Å²) in [4.78, 5) is 56.9. The average Bonchev–Trinajstić information content (AvgIpc) is 3.46. The molecule has 2 aromatic rings. The molecule has 10 nitrogen and oxygen atoms in total. The molecule has 2 heterocycles. The number of carboxylic acid groups (broad SMARTS) is 1. The van der Waals surface area contributed by atoms with Gasteiger partial charge in [-0.15, -0.1) is 11.3 Å². The molecular weight excluding hydrogens is 520 g/mol. The maximum atomic E-state index is 13.6. The van der Waals surface area contributed by atoms with Gasteiger partial charge in [-0.1, -0.05) is 45.0 Å². The highest BCUT2D eigenvalue weighted by Crippen LogP contribution is 2.29. The van der Waals surface area contributed by atoms with Crippen LogP contribution in [0.4, 0.5) is 0 Å². The molecule has 1 aliphatic heterocycles. The van der Waals surface area contributed by atoms with Crippen molar-refractivity contribution in [2.24, 2.45) is 5.41 Å². The lowest BCUT2D eigenvalue weighted by atomic mass is 9.85. The van der Waals surface area contributed by atoms with Crippen LogP contribution in [-0.4, -0.2) is 68.5 Å². The number of aliphatic carboxylic acids is 1. The summed E-state index contributed by atoms with van der Waals surface area (Å²) < 4.78 is 0. The molecule has 1 aromatic heterocycles. The second-order valence-electron chi connectivity index (χ2n) is 11.1. The van der Waals surface area contributed by atoms with Gasteiger partial charge in [0.2, 0.25) is 17.7 Å². The second kappa shape index (κ2) is 12.7. The number of nitrogens with zero attached hydrogens (tertiary/aromatic N) is 2. The Labute approximate surface area is 232 Å². The molecule has 39 heavy (non-hydrogen) atoms. The summed E-state index contributed by atoms with van der Waals surface area (Å²) >= 11 is 1.57. The molecule has 1 unspecified atom stereocenters. The Bertz CT molecular complexity index is 1190. The normalized spacial score (nSPS) is 18.9. The van der Waals surface area contributed by atoms with Crippen molar-refractivity contribution in [2.75, 3.05) is 6.54 Å². The number of β-amino-alcohol motifs (C(OH)–C–C–N with tert-alkyl or cyclic N) is 1. The van der Waals surface area contributed by atoms with Crippen LogP contribution in [0.5, 0.6) is 0 Å². The molecule has 3 rings (SSSR count). The predicted molar refractivity (Wildman–Crippen MR) is 148 cm³/mol. The first-order valence-electron chi connectivity index (χ1n) is 13.1. The van der Waals surface area contributed by atoms with E-state index in [0.29, 0.717) is 0 Å². The number of benzene rings is 1. The number of carbonyl (C=O) groups is 4. The van der Waals surface area contributed by atoms with Crippen molar-refractivity contribution in [3.8, 4) is 10.4 Å². The van der Waals surface area contributed by atoms with E-state index in [1.54, 1.807) is 37.6 Å². The first-order chi connectivity index (χ1) is 18.3. The fourth-order valence-corrected chi connectivity index (χ4v) is 5.46. The first-order valence-corrected chi connectivity index (χ1v) is 14.0. The molecule has 0 saturated carbocycles. The van der Waals surface area contributed by atoms with Gasteiger partial charge in [0.05, 0.1) is 28.2 Å². The molecule has 1 aromatic carbocycles.